The predicted octanol–water partition coefficient (Wildman–Crippen LogP) is 11.9. The van der Waals surface area contributed by atoms with Crippen molar-refractivity contribution in [2.45, 2.75) is 12.0 Å². The average molecular weight is 604 g/mol. The van der Waals surface area contributed by atoms with Gasteiger partial charge in [0.25, 0.3) is 0 Å². The number of ether oxygens (including phenoxy) is 1. The molecule has 0 spiro atoms. The van der Waals surface area contributed by atoms with Crippen LogP contribution in [0.15, 0.2) is 162 Å². The van der Waals surface area contributed by atoms with Gasteiger partial charge in [-0.05, 0) is 67.2 Å². The summed E-state index contributed by atoms with van der Waals surface area (Å²) in [7, 11) is 0. The minimum Gasteiger partial charge on any atom is -0.484 e. The second-order valence-corrected chi connectivity index (χ2v) is 11.2. The van der Waals surface area contributed by atoms with Gasteiger partial charge in [0.15, 0.2) is 0 Å². The zero-order valence-electron chi connectivity index (χ0n) is 38.8. The van der Waals surface area contributed by atoms with Gasteiger partial charge in [-0.15, -0.1) is 0 Å². The molecule has 0 saturated heterocycles. The maximum atomic E-state index is 9.51. The molecule has 0 saturated carbocycles. The van der Waals surface area contributed by atoms with Crippen molar-refractivity contribution in [2.24, 2.45) is 0 Å². The predicted molar refractivity (Wildman–Crippen MR) is 190 cm³/mol. The summed E-state index contributed by atoms with van der Waals surface area (Å²) in [5, 5.41) is -1.61. The first-order valence-electron chi connectivity index (χ1n) is 22.2. The third-order valence-electron chi connectivity index (χ3n) is 8.70. The van der Waals surface area contributed by atoms with Gasteiger partial charge in [-0.2, -0.15) is 0 Å². The Kier molecular flexibility index (Phi) is 3.19. The maximum absolute atomic E-state index is 9.51. The summed E-state index contributed by atoms with van der Waals surface area (Å²) in [4.78, 5) is 0. The highest BCUT2D eigenvalue weighted by Gasteiger charge is 2.36. The van der Waals surface area contributed by atoms with Gasteiger partial charge < -0.3 is 9.15 Å². The number of allylic oxidation sites excluding steroid dienone is 2. The van der Waals surface area contributed by atoms with E-state index < -0.39 is 113 Å². The van der Waals surface area contributed by atoms with Crippen molar-refractivity contribution >= 4 is 43.3 Å². The Morgan fingerprint density at radius 1 is 0.565 bits per heavy atom. The molecule has 2 heteroatoms. The fraction of sp³-hybridized carbons (Fsp3) is 0.0455. The van der Waals surface area contributed by atoms with Crippen LogP contribution in [0.1, 0.15) is 32.0 Å². The molecule has 8 aromatic rings. The number of rotatable bonds is 3. The average Bonchev–Trinajstić information content (AvgIpc) is 3.84. The molecule has 0 fully saturated rings. The lowest BCUT2D eigenvalue weighted by molar-refractivity contribution is 0.271. The molecule has 1 aliphatic heterocycles. The zero-order chi connectivity index (χ0) is 43.2. The van der Waals surface area contributed by atoms with E-state index in [1.807, 2.05) is 48.6 Å². The van der Waals surface area contributed by atoms with Crippen molar-refractivity contribution < 1.29 is 29.7 Å². The molecule has 2 nitrogen and oxygen atoms in total. The molecule has 10 rings (SSSR count). The molecule has 1 aliphatic carbocycles. The van der Waals surface area contributed by atoms with Gasteiger partial charge >= 0.3 is 0 Å². The van der Waals surface area contributed by atoms with E-state index in [2.05, 4.69) is 0 Å². The van der Waals surface area contributed by atoms with Crippen LogP contribution in [0.4, 0.5) is 0 Å². The number of hydrogen-bond acceptors (Lipinski definition) is 2. The highest BCUT2D eigenvalue weighted by Crippen LogP contribution is 2.54. The van der Waals surface area contributed by atoms with Crippen LogP contribution in [-0.2, 0) is 0 Å². The van der Waals surface area contributed by atoms with E-state index in [9.17, 15) is 8.22 Å². The van der Waals surface area contributed by atoms with Gasteiger partial charge in [-0.25, -0.2) is 0 Å². The summed E-state index contributed by atoms with van der Waals surface area (Å²) in [6.07, 6.45) is 7.46. The summed E-state index contributed by atoms with van der Waals surface area (Å²) in [6.45, 7) is 0. The zero-order valence-corrected chi connectivity index (χ0v) is 23.8. The van der Waals surface area contributed by atoms with Gasteiger partial charge in [-0.3, -0.25) is 0 Å². The molecule has 2 unspecified atom stereocenters. The number of hydrogen-bond donors (Lipinski definition) is 0. The van der Waals surface area contributed by atoms with Crippen LogP contribution in [0.25, 0.3) is 76.9 Å². The van der Waals surface area contributed by atoms with Crippen LogP contribution < -0.4 is 4.74 Å². The SMILES string of the molecule is [2H]c1c([2H])c([2H])c2c([2H])c(-c3c4c([2H])c([2H])c([2H])c([2H])c4c(-c4oc5ccc6c(c5c4-c4ccccc4)OC4C=CC=CC64)c4c([2H])c([2H])c([2H])c([2H])c34)c([2H])c([2H])c2c1[2H]. The number of benzene rings is 7. The second kappa shape index (κ2) is 9.82. The van der Waals surface area contributed by atoms with Crippen LogP contribution in [0.3, 0.4) is 0 Å². The lowest BCUT2D eigenvalue weighted by Gasteiger charge is -2.17. The molecule has 0 radical (unpaired) electrons. The number of fused-ring (bicyclic) bond motifs is 8. The summed E-state index contributed by atoms with van der Waals surface area (Å²) >= 11 is 0. The summed E-state index contributed by atoms with van der Waals surface area (Å²) in [6, 6.07) is 2.21. The summed E-state index contributed by atoms with van der Waals surface area (Å²) in [5.41, 5.74) is 1.12. The standard InChI is InChI=1S/C44H28O2/c1-2-13-28(14-3-1)40-42-38(25-24-36-31-16-10-11-21-37(31)45-43(36)42)46-44(40)41-34-19-8-6-17-32(34)39(33-18-7-9-20-35(33)41)30-23-22-27-12-4-5-15-29(27)26-30/h1-26,31,37H/i4D,5D,6D,7D,8D,9D,12D,15D,17D,18D,19D,20D,22D,23D,26D. The van der Waals surface area contributed by atoms with Crippen LogP contribution >= 0.6 is 0 Å². The maximum Gasteiger partial charge on any atom is 0.144 e. The number of furan rings is 1. The monoisotopic (exact) mass is 603 g/mol. The highest BCUT2D eigenvalue weighted by atomic mass is 16.5. The van der Waals surface area contributed by atoms with Crippen molar-refractivity contribution in [3.8, 4) is 39.3 Å². The van der Waals surface area contributed by atoms with E-state index in [0.29, 0.717) is 27.8 Å². The Morgan fingerprint density at radius 3 is 2.00 bits per heavy atom. The first-order chi connectivity index (χ1) is 29.1. The molecule has 0 N–H and O–H groups in total. The van der Waals surface area contributed by atoms with E-state index in [4.69, 9.17) is 21.5 Å². The van der Waals surface area contributed by atoms with Crippen molar-refractivity contribution in [1.82, 2.24) is 0 Å². The Hall–Kier alpha value is -5.86. The van der Waals surface area contributed by atoms with Gasteiger partial charge in [0.05, 0.1) is 25.9 Å². The minimum absolute atomic E-state index is 0.0123. The molecule has 216 valence electrons. The molecule has 0 bridgehead atoms. The molecule has 0 amide bonds. The van der Waals surface area contributed by atoms with Gasteiger partial charge in [0.2, 0.25) is 0 Å². The van der Waals surface area contributed by atoms with Crippen molar-refractivity contribution in [3.05, 3.63) is 163 Å². The molecule has 2 heterocycles. The quantitative estimate of drug-likeness (QED) is 0.187. The van der Waals surface area contributed by atoms with Crippen LogP contribution in [0.5, 0.6) is 5.75 Å². The van der Waals surface area contributed by atoms with E-state index in [0.717, 1.165) is 5.56 Å². The fourth-order valence-corrected chi connectivity index (χ4v) is 6.75. The van der Waals surface area contributed by atoms with E-state index in [1.54, 1.807) is 18.2 Å². The molecule has 1 aromatic heterocycles. The molecule has 2 atom stereocenters. The minimum atomic E-state index is -0.760. The first-order valence-corrected chi connectivity index (χ1v) is 14.7. The molecular weight excluding hydrogens is 560 g/mol. The molecule has 7 aromatic carbocycles. The highest BCUT2D eigenvalue weighted by molar-refractivity contribution is 6.23. The third kappa shape index (κ3) is 3.64. The summed E-state index contributed by atoms with van der Waals surface area (Å²) in [5.74, 6) is 0.373. The Morgan fingerprint density at radius 2 is 1.24 bits per heavy atom. The van der Waals surface area contributed by atoms with Gasteiger partial charge in [-0.1, -0.05) is 139 Å². The second-order valence-electron chi connectivity index (χ2n) is 11.2. The van der Waals surface area contributed by atoms with Crippen molar-refractivity contribution in [1.29, 1.82) is 0 Å². The van der Waals surface area contributed by atoms with E-state index in [-0.39, 0.29) is 44.9 Å². The van der Waals surface area contributed by atoms with E-state index >= 15 is 0 Å². The molecule has 2 aliphatic rings. The molecule has 46 heavy (non-hydrogen) atoms. The largest absolute Gasteiger partial charge is 0.484 e. The normalized spacial score (nSPS) is 21.3. The summed E-state index contributed by atoms with van der Waals surface area (Å²) < 4.78 is 149. The Labute approximate surface area is 287 Å². The van der Waals surface area contributed by atoms with Gasteiger partial charge in [0.1, 0.15) is 23.2 Å². The fourth-order valence-electron chi connectivity index (χ4n) is 6.75. The van der Waals surface area contributed by atoms with Crippen LogP contribution in [0, 0.1) is 0 Å². The Bertz CT molecular complexity index is 3330. The van der Waals surface area contributed by atoms with E-state index in [1.165, 1.54) is 0 Å². The first kappa shape index (κ1) is 14.9. The Balaban J connectivity index is 1.49. The lowest BCUT2D eigenvalue weighted by Crippen LogP contribution is -2.15. The third-order valence-corrected chi connectivity index (χ3v) is 8.70. The topological polar surface area (TPSA) is 22.4 Å². The van der Waals surface area contributed by atoms with Crippen LogP contribution in [0.2, 0.25) is 0 Å². The lowest BCUT2D eigenvalue weighted by atomic mass is 9.85. The smallest absolute Gasteiger partial charge is 0.144 e. The van der Waals surface area contributed by atoms with Gasteiger partial charge in [0, 0.05) is 22.6 Å². The van der Waals surface area contributed by atoms with Crippen molar-refractivity contribution in [2.75, 3.05) is 0 Å². The molecular formula is C44H28O2. The van der Waals surface area contributed by atoms with Crippen molar-refractivity contribution in [3.63, 3.8) is 0 Å². The van der Waals surface area contributed by atoms with Crippen LogP contribution in [-0.4, -0.2) is 6.10 Å².